The van der Waals surface area contributed by atoms with Crippen LogP contribution in [0.3, 0.4) is 0 Å². The molecule has 0 unspecified atom stereocenters. The average molecular weight is 579 g/mol. The van der Waals surface area contributed by atoms with Gasteiger partial charge in [0.25, 0.3) is 0 Å². The summed E-state index contributed by atoms with van der Waals surface area (Å²) >= 11 is 0. The predicted octanol–water partition coefficient (Wildman–Crippen LogP) is 3.61. The predicted molar refractivity (Wildman–Crippen MR) is 159 cm³/mol. The molecule has 0 atom stereocenters. The monoisotopic (exact) mass is 578 g/mol. The topological polar surface area (TPSA) is 132 Å². The van der Waals surface area contributed by atoms with Crippen molar-refractivity contribution in [3.63, 3.8) is 0 Å². The summed E-state index contributed by atoms with van der Waals surface area (Å²) in [4.78, 5) is 30.1. The summed E-state index contributed by atoms with van der Waals surface area (Å²) in [5, 5.41) is 0. The summed E-state index contributed by atoms with van der Waals surface area (Å²) in [6.45, 7) is 9.50. The average Bonchev–Trinajstić information content (AvgIpc) is 2.96. The van der Waals surface area contributed by atoms with Crippen LogP contribution in [0.15, 0.2) is 35.2 Å². The molecular weight excluding hydrogens is 540 g/mol. The summed E-state index contributed by atoms with van der Waals surface area (Å²) < 4.78 is 34.2. The van der Waals surface area contributed by atoms with Gasteiger partial charge in [0.05, 0.1) is 12.2 Å². The Morgan fingerprint density at radius 3 is 2.29 bits per heavy atom. The second-order valence-electron chi connectivity index (χ2n) is 10.7. The fourth-order valence-electron chi connectivity index (χ4n) is 5.78. The van der Waals surface area contributed by atoms with Gasteiger partial charge in [-0.15, -0.1) is 0 Å². The highest BCUT2D eigenvalue weighted by Crippen LogP contribution is 2.36. The molecule has 2 aliphatic heterocycles. The smallest absolute Gasteiger partial charge is 0.220 e. The Balaban J connectivity index is 1.62. The minimum atomic E-state index is -3.91. The van der Waals surface area contributed by atoms with Crippen LogP contribution in [-0.2, 0) is 27.5 Å². The standard InChI is InChI=1S/C30H38N6O4S/c1-5-21-8-7-9-22(6-2)25(21)28-33-20(4)26(30(34-28)35-14-12-23(13-15-35)27(31)37)41(38,39)18-36-16-17-40-24-11-10-19(3)32-29(24)36/h7-11,23H,5-6,12-18H2,1-4H3,(H2,31,37). The van der Waals surface area contributed by atoms with Crippen molar-refractivity contribution >= 4 is 27.4 Å². The summed E-state index contributed by atoms with van der Waals surface area (Å²) in [6.07, 6.45) is 2.68. The SMILES string of the molecule is CCc1cccc(CC)c1-c1nc(C)c(S(=O)(=O)CN2CCOc3ccc(C)nc32)c(N2CCC(C(N)=O)CC2)n1. The van der Waals surface area contributed by atoms with E-state index in [1.807, 2.05) is 30.0 Å². The van der Waals surface area contributed by atoms with Gasteiger partial charge < -0.3 is 20.3 Å². The Hall–Kier alpha value is -3.73. The molecule has 2 N–H and O–H groups in total. The normalized spacial score (nSPS) is 15.9. The van der Waals surface area contributed by atoms with Gasteiger partial charge in [0.2, 0.25) is 15.7 Å². The minimum absolute atomic E-state index is 0.117. The molecule has 5 rings (SSSR count). The van der Waals surface area contributed by atoms with Crippen LogP contribution in [0.1, 0.15) is 49.2 Å². The number of aromatic nitrogens is 3. The van der Waals surface area contributed by atoms with Crippen molar-refractivity contribution in [3.05, 3.63) is 52.8 Å². The molecule has 1 amide bonds. The van der Waals surface area contributed by atoms with Gasteiger partial charge in [0.15, 0.2) is 23.2 Å². The number of hydrogen-bond acceptors (Lipinski definition) is 9. The van der Waals surface area contributed by atoms with E-state index < -0.39 is 9.84 Å². The number of pyridine rings is 1. The Morgan fingerprint density at radius 1 is 0.976 bits per heavy atom. The van der Waals surface area contributed by atoms with Gasteiger partial charge in [0.1, 0.15) is 17.4 Å². The van der Waals surface area contributed by atoms with Crippen molar-refractivity contribution in [1.29, 1.82) is 0 Å². The molecule has 0 radical (unpaired) electrons. The number of piperidine rings is 1. The molecule has 10 nitrogen and oxygen atoms in total. The number of fused-ring (bicyclic) bond motifs is 1. The van der Waals surface area contributed by atoms with E-state index in [4.69, 9.17) is 20.4 Å². The molecule has 1 aromatic carbocycles. The van der Waals surface area contributed by atoms with E-state index in [2.05, 4.69) is 31.0 Å². The number of primary amides is 1. The number of benzene rings is 1. The van der Waals surface area contributed by atoms with Crippen LogP contribution in [0.5, 0.6) is 5.75 Å². The summed E-state index contributed by atoms with van der Waals surface area (Å²) in [7, 11) is -3.91. The van der Waals surface area contributed by atoms with Gasteiger partial charge in [-0.05, 0) is 62.8 Å². The van der Waals surface area contributed by atoms with Gasteiger partial charge in [-0.25, -0.2) is 23.4 Å². The van der Waals surface area contributed by atoms with Gasteiger partial charge in [0, 0.05) is 30.3 Å². The second kappa shape index (κ2) is 11.6. The maximum atomic E-state index is 14.3. The first-order chi connectivity index (χ1) is 19.6. The first-order valence-corrected chi connectivity index (χ1v) is 15.9. The number of nitrogens with two attached hydrogens (primary N) is 1. The van der Waals surface area contributed by atoms with Crippen molar-refractivity contribution in [2.24, 2.45) is 11.7 Å². The van der Waals surface area contributed by atoms with Crippen molar-refractivity contribution in [3.8, 4) is 17.1 Å². The van der Waals surface area contributed by atoms with Crippen LogP contribution < -0.4 is 20.3 Å². The van der Waals surface area contributed by atoms with Gasteiger partial charge in [-0.3, -0.25) is 4.79 Å². The zero-order valence-corrected chi connectivity index (χ0v) is 25.0. The third-order valence-electron chi connectivity index (χ3n) is 7.97. The summed E-state index contributed by atoms with van der Waals surface area (Å²) in [5.41, 5.74) is 9.96. The second-order valence-corrected chi connectivity index (χ2v) is 12.6. The zero-order chi connectivity index (χ0) is 29.3. The number of rotatable bonds is 8. The molecule has 0 aliphatic carbocycles. The third-order valence-corrected chi connectivity index (χ3v) is 9.72. The highest BCUT2D eigenvalue weighted by Gasteiger charge is 2.34. The molecule has 0 saturated carbocycles. The van der Waals surface area contributed by atoms with Gasteiger partial charge in [-0.2, -0.15) is 0 Å². The number of hydrogen-bond donors (Lipinski definition) is 1. The van der Waals surface area contributed by atoms with Crippen LogP contribution in [0.4, 0.5) is 11.6 Å². The first-order valence-electron chi connectivity index (χ1n) is 14.2. The van der Waals surface area contributed by atoms with Gasteiger partial charge in [-0.1, -0.05) is 32.0 Å². The maximum absolute atomic E-state index is 14.3. The number of sulfone groups is 1. The zero-order valence-electron chi connectivity index (χ0n) is 24.2. The van der Waals surface area contributed by atoms with E-state index >= 15 is 0 Å². The lowest BCUT2D eigenvalue weighted by Crippen LogP contribution is -2.41. The Morgan fingerprint density at radius 2 is 1.66 bits per heavy atom. The minimum Gasteiger partial charge on any atom is -0.488 e. The quantitative estimate of drug-likeness (QED) is 0.426. The Kier molecular flexibility index (Phi) is 8.17. The van der Waals surface area contributed by atoms with Crippen LogP contribution in [0.2, 0.25) is 0 Å². The first kappa shape index (κ1) is 28.8. The summed E-state index contributed by atoms with van der Waals surface area (Å²) in [5.74, 6) is 1.15. The number of carbonyl (C=O) groups excluding carboxylic acids is 1. The van der Waals surface area contributed by atoms with Crippen molar-refractivity contribution in [2.45, 2.75) is 58.3 Å². The third kappa shape index (κ3) is 5.72. The highest BCUT2D eigenvalue weighted by atomic mass is 32.2. The van der Waals surface area contributed by atoms with Crippen molar-refractivity contribution < 1.29 is 17.9 Å². The Labute approximate surface area is 241 Å². The number of aryl methyl sites for hydroxylation is 4. The molecule has 3 aromatic rings. The van der Waals surface area contributed by atoms with E-state index in [1.54, 1.807) is 11.8 Å². The number of anilines is 2. The number of nitrogens with zero attached hydrogens (tertiary/aromatic N) is 5. The molecule has 41 heavy (non-hydrogen) atoms. The molecule has 1 fully saturated rings. The molecule has 4 heterocycles. The van der Waals surface area contributed by atoms with Crippen molar-refractivity contribution in [1.82, 2.24) is 15.0 Å². The van der Waals surface area contributed by atoms with E-state index in [1.165, 1.54) is 0 Å². The molecular formula is C30H38N6O4S. The van der Waals surface area contributed by atoms with Crippen LogP contribution >= 0.6 is 0 Å². The number of ether oxygens (including phenoxy) is 1. The fourth-order valence-corrected chi connectivity index (χ4v) is 7.52. The lowest BCUT2D eigenvalue weighted by molar-refractivity contribution is -0.122. The molecule has 0 spiro atoms. The van der Waals surface area contributed by atoms with Crippen LogP contribution in [0, 0.1) is 19.8 Å². The van der Waals surface area contributed by atoms with E-state index in [0.29, 0.717) is 68.0 Å². The highest BCUT2D eigenvalue weighted by molar-refractivity contribution is 7.91. The lowest BCUT2D eigenvalue weighted by atomic mass is 9.96. The lowest BCUT2D eigenvalue weighted by Gasteiger charge is -2.34. The van der Waals surface area contributed by atoms with Crippen LogP contribution in [0.25, 0.3) is 11.4 Å². The molecule has 1 saturated heterocycles. The van der Waals surface area contributed by atoms with E-state index in [0.717, 1.165) is 35.2 Å². The van der Waals surface area contributed by atoms with Gasteiger partial charge >= 0.3 is 0 Å². The molecule has 11 heteroatoms. The fraction of sp³-hybridized carbons (Fsp3) is 0.467. The molecule has 0 bridgehead atoms. The van der Waals surface area contributed by atoms with E-state index in [9.17, 15) is 13.2 Å². The van der Waals surface area contributed by atoms with Crippen LogP contribution in [-0.4, -0.2) is 61.4 Å². The molecule has 2 aliphatic rings. The molecule has 2 aromatic heterocycles. The number of amides is 1. The molecule has 218 valence electrons. The Bertz CT molecular complexity index is 1550. The largest absolute Gasteiger partial charge is 0.488 e. The van der Waals surface area contributed by atoms with Crippen molar-refractivity contribution in [2.75, 3.05) is 41.9 Å². The number of carbonyl (C=O) groups is 1. The summed E-state index contributed by atoms with van der Waals surface area (Å²) in [6, 6.07) is 9.85. The van der Waals surface area contributed by atoms with E-state index in [-0.39, 0.29) is 22.6 Å². The maximum Gasteiger partial charge on any atom is 0.220 e.